The number of hydrogen-bond acceptors (Lipinski definition) is 5. The number of para-hydroxylation sites is 1. The Balaban J connectivity index is 1.51. The smallest absolute Gasteiger partial charge is 0.250 e. The number of benzene rings is 2. The van der Waals surface area contributed by atoms with Gasteiger partial charge in [-0.3, -0.25) is 4.79 Å². The Kier molecular flexibility index (Phi) is 4.82. The van der Waals surface area contributed by atoms with E-state index in [4.69, 9.17) is 0 Å². The number of thioether (sulfide) groups is 1. The molecule has 110 valence electrons. The van der Waals surface area contributed by atoms with Crippen LogP contribution in [-0.2, 0) is 4.79 Å². The molecule has 0 fully saturated rings. The maximum Gasteiger partial charge on any atom is 0.250 e. The first-order chi connectivity index (χ1) is 10.8. The van der Waals surface area contributed by atoms with Gasteiger partial charge in [-0.25, -0.2) is 10.4 Å². The molecule has 0 atom stereocenters. The lowest BCUT2D eigenvalue weighted by atomic mass is 10.2. The van der Waals surface area contributed by atoms with Gasteiger partial charge in [0.2, 0.25) is 0 Å². The molecule has 0 spiro atoms. The standard InChI is InChI=1S/C16H13N3OS2/c20-15(19-17-10-12-6-2-1-3-7-12)11-21-16-18-13-8-4-5-9-14(13)22-16/h1-10H,11H2,(H,19,20)/b17-10+. The van der Waals surface area contributed by atoms with Gasteiger partial charge in [-0.1, -0.05) is 54.2 Å². The summed E-state index contributed by atoms with van der Waals surface area (Å²) in [5, 5.41) is 3.94. The molecule has 6 heteroatoms. The van der Waals surface area contributed by atoms with Crippen molar-refractivity contribution in [3.8, 4) is 0 Å². The first-order valence-electron chi connectivity index (χ1n) is 6.66. The fourth-order valence-electron chi connectivity index (χ4n) is 1.79. The maximum absolute atomic E-state index is 11.8. The zero-order valence-electron chi connectivity index (χ0n) is 11.6. The number of aromatic nitrogens is 1. The molecular formula is C16H13N3OS2. The first kappa shape index (κ1) is 14.7. The number of nitrogens with one attached hydrogen (secondary N) is 1. The fraction of sp³-hybridized carbons (Fsp3) is 0.0625. The summed E-state index contributed by atoms with van der Waals surface area (Å²) in [6, 6.07) is 17.6. The Morgan fingerprint density at radius 3 is 2.77 bits per heavy atom. The van der Waals surface area contributed by atoms with E-state index in [0.717, 1.165) is 20.1 Å². The van der Waals surface area contributed by atoms with Crippen molar-refractivity contribution in [1.82, 2.24) is 10.4 Å². The summed E-state index contributed by atoms with van der Waals surface area (Å²) < 4.78 is 2.02. The average Bonchev–Trinajstić information content (AvgIpc) is 2.97. The Hall–Kier alpha value is -2.18. The first-order valence-corrected chi connectivity index (χ1v) is 8.47. The van der Waals surface area contributed by atoms with E-state index in [1.807, 2.05) is 54.6 Å². The molecule has 0 aliphatic heterocycles. The average molecular weight is 327 g/mol. The van der Waals surface area contributed by atoms with Gasteiger partial charge in [-0.15, -0.1) is 11.3 Å². The minimum atomic E-state index is -0.142. The van der Waals surface area contributed by atoms with E-state index < -0.39 is 0 Å². The topological polar surface area (TPSA) is 54.4 Å². The fourth-order valence-corrected chi connectivity index (χ4v) is 3.65. The second-order valence-corrected chi connectivity index (χ2v) is 6.69. The lowest BCUT2D eigenvalue weighted by Crippen LogP contribution is -2.19. The number of carbonyl (C=O) groups is 1. The predicted octanol–water partition coefficient (Wildman–Crippen LogP) is 3.54. The highest BCUT2D eigenvalue weighted by molar-refractivity contribution is 8.01. The number of hydrazone groups is 1. The molecular weight excluding hydrogens is 314 g/mol. The Bertz CT molecular complexity index is 766. The van der Waals surface area contributed by atoms with Crippen LogP contribution < -0.4 is 5.43 Å². The summed E-state index contributed by atoms with van der Waals surface area (Å²) in [5.41, 5.74) is 4.44. The van der Waals surface area contributed by atoms with Crippen molar-refractivity contribution in [3.63, 3.8) is 0 Å². The van der Waals surface area contributed by atoms with Gasteiger partial charge >= 0.3 is 0 Å². The molecule has 3 aromatic rings. The van der Waals surface area contributed by atoms with Crippen LogP contribution in [0.25, 0.3) is 10.2 Å². The highest BCUT2D eigenvalue weighted by atomic mass is 32.2. The Morgan fingerprint density at radius 1 is 1.18 bits per heavy atom. The number of hydrogen-bond donors (Lipinski definition) is 1. The third-order valence-corrected chi connectivity index (χ3v) is 4.98. The summed E-state index contributed by atoms with van der Waals surface area (Å²) in [4.78, 5) is 16.2. The summed E-state index contributed by atoms with van der Waals surface area (Å²) >= 11 is 3.02. The molecule has 0 saturated heterocycles. The largest absolute Gasteiger partial charge is 0.272 e. The monoisotopic (exact) mass is 327 g/mol. The van der Waals surface area contributed by atoms with Crippen molar-refractivity contribution in [2.45, 2.75) is 4.34 Å². The zero-order valence-corrected chi connectivity index (χ0v) is 13.2. The van der Waals surface area contributed by atoms with Crippen molar-refractivity contribution in [1.29, 1.82) is 0 Å². The number of rotatable bonds is 5. The van der Waals surface area contributed by atoms with Gasteiger partial charge in [-0.2, -0.15) is 5.10 Å². The summed E-state index contributed by atoms with van der Waals surface area (Å²) in [7, 11) is 0. The van der Waals surface area contributed by atoms with Crippen molar-refractivity contribution in [3.05, 3.63) is 60.2 Å². The van der Waals surface area contributed by atoms with Gasteiger partial charge in [0.25, 0.3) is 5.91 Å². The van der Waals surface area contributed by atoms with Gasteiger partial charge in [0.05, 0.1) is 22.2 Å². The lowest BCUT2D eigenvalue weighted by molar-refractivity contribution is -0.118. The molecule has 0 aliphatic carbocycles. The van der Waals surface area contributed by atoms with Crippen molar-refractivity contribution >= 4 is 45.4 Å². The summed E-state index contributed by atoms with van der Waals surface area (Å²) in [5.74, 6) is 0.155. The van der Waals surface area contributed by atoms with Crippen LogP contribution in [0, 0.1) is 0 Å². The highest BCUT2D eigenvalue weighted by Gasteiger charge is 2.06. The molecule has 1 aromatic heterocycles. The van der Waals surface area contributed by atoms with Crippen LogP contribution >= 0.6 is 23.1 Å². The van der Waals surface area contributed by atoms with E-state index in [2.05, 4.69) is 15.5 Å². The molecule has 22 heavy (non-hydrogen) atoms. The van der Waals surface area contributed by atoms with E-state index >= 15 is 0 Å². The van der Waals surface area contributed by atoms with Crippen LogP contribution in [0.2, 0.25) is 0 Å². The zero-order chi connectivity index (χ0) is 15.2. The van der Waals surface area contributed by atoms with Crippen LogP contribution in [0.3, 0.4) is 0 Å². The number of nitrogens with zero attached hydrogens (tertiary/aromatic N) is 2. The van der Waals surface area contributed by atoms with Crippen LogP contribution in [0.5, 0.6) is 0 Å². The number of fused-ring (bicyclic) bond motifs is 1. The van der Waals surface area contributed by atoms with Gasteiger partial charge in [-0.05, 0) is 17.7 Å². The molecule has 0 aliphatic rings. The van der Waals surface area contributed by atoms with Crippen molar-refractivity contribution in [2.24, 2.45) is 5.10 Å². The van der Waals surface area contributed by atoms with Gasteiger partial charge in [0, 0.05) is 0 Å². The quantitative estimate of drug-likeness (QED) is 0.443. The van der Waals surface area contributed by atoms with Gasteiger partial charge in [0.1, 0.15) is 0 Å². The third-order valence-electron chi connectivity index (χ3n) is 2.80. The molecule has 0 bridgehead atoms. The molecule has 1 heterocycles. The third kappa shape index (κ3) is 3.93. The second-order valence-electron chi connectivity index (χ2n) is 4.44. The molecule has 1 N–H and O–H groups in total. The van der Waals surface area contributed by atoms with Gasteiger partial charge in [0.15, 0.2) is 4.34 Å². The minimum absolute atomic E-state index is 0.142. The Morgan fingerprint density at radius 2 is 1.95 bits per heavy atom. The minimum Gasteiger partial charge on any atom is -0.272 e. The number of carbonyl (C=O) groups excluding carboxylic acids is 1. The molecule has 4 nitrogen and oxygen atoms in total. The van der Waals surface area contributed by atoms with Crippen molar-refractivity contribution < 1.29 is 4.79 Å². The van der Waals surface area contributed by atoms with E-state index in [1.54, 1.807) is 17.6 Å². The highest BCUT2D eigenvalue weighted by Crippen LogP contribution is 2.28. The van der Waals surface area contributed by atoms with Crippen molar-refractivity contribution in [2.75, 3.05) is 5.75 Å². The van der Waals surface area contributed by atoms with E-state index in [9.17, 15) is 4.79 Å². The number of amides is 1. The maximum atomic E-state index is 11.8. The lowest BCUT2D eigenvalue weighted by Gasteiger charge is -1.97. The normalized spacial score (nSPS) is 11.1. The molecule has 1 amide bonds. The van der Waals surface area contributed by atoms with Crippen LogP contribution in [0.1, 0.15) is 5.56 Å². The molecule has 0 saturated carbocycles. The molecule has 0 radical (unpaired) electrons. The second kappa shape index (κ2) is 7.20. The molecule has 2 aromatic carbocycles. The van der Waals surface area contributed by atoms with Gasteiger partial charge < -0.3 is 0 Å². The summed E-state index contributed by atoms with van der Waals surface area (Å²) in [6.45, 7) is 0. The Labute approximate surface area is 136 Å². The van der Waals surface area contributed by atoms with Crippen LogP contribution in [0.4, 0.5) is 0 Å². The molecule has 0 unspecified atom stereocenters. The molecule has 3 rings (SSSR count). The summed E-state index contributed by atoms with van der Waals surface area (Å²) in [6.07, 6.45) is 1.63. The van der Waals surface area contributed by atoms with E-state index in [1.165, 1.54) is 11.8 Å². The predicted molar refractivity (Wildman–Crippen MR) is 92.5 cm³/mol. The van der Waals surface area contributed by atoms with E-state index in [0.29, 0.717) is 5.75 Å². The number of thiazole rings is 1. The van der Waals surface area contributed by atoms with Crippen LogP contribution in [0.15, 0.2) is 64.0 Å². The SMILES string of the molecule is O=C(CSc1nc2ccccc2s1)N/N=C/c1ccccc1. The van der Waals surface area contributed by atoms with Crippen LogP contribution in [-0.4, -0.2) is 22.9 Å². The van der Waals surface area contributed by atoms with E-state index in [-0.39, 0.29) is 5.91 Å².